The van der Waals surface area contributed by atoms with E-state index in [-0.39, 0.29) is 42.2 Å². The monoisotopic (exact) mass is 583 g/mol. The van der Waals surface area contributed by atoms with E-state index in [9.17, 15) is 14.4 Å². The Hall–Kier alpha value is -2.55. The molecular weight excluding hydrogens is 550 g/mol. The van der Waals surface area contributed by atoms with Crippen LogP contribution in [0.25, 0.3) is 0 Å². The number of thioether (sulfide) groups is 2. The van der Waals surface area contributed by atoms with Crippen LogP contribution in [0.4, 0.5) is 0 Å². The largest absolute Gasteiger partial charge is 0.352 e. The van der Waals surface area contributed by atoms with E-state index < -0.39 is 0 Å². The SMILES string of the molecule is O=C1CCSCc2ccc(cc2)CSC/C=C/CNC(=O)[C@H]2CCCN(C2)C(=O)C(Cc2ccc(Cl)cc2)=N1. The van der Waals surface area contributed by atoms with Crippen molar-refractivity contribution in [1.82, 2.24) is 10.2 Å². The zero-order valence-electron chi connectivity index (χ0n) is 21.9. The van der Waals surface area contributed by atoms with Crippen LogP contribution < -0.4 is 5.32 Å². The standard InChI is InChI=1S/C30H34ClN3O3S2/c31-26-11-9-22(10-12-26)18-27-30(37)34-15-3-4-25(19-34)29(36)32-14-1-2-16-38-20-23-5-7-24(8-6-23)21-39-17-13-28(35)33-27/h1-2,5-12,25H,3-4,13-21H2,(H,32,36)/b2-1+,33-27?/t25-/m0/s1. The molecule has 0 aliphatic carbocycles. The predicted molar refractivity (Wildman–Crippen MR) is 162 cm³/mol. The van der Waals surface area contributed by atoms with Crippen molar-refractivity contribution in [3.8, 4) is 0 Å². The maximum absolute atomic E-state index is 13.6. The third-order valence-corrected chi connectivity index (χ3v) is 8.91. The molecule has 1 fully saturated rings. The van der Waals surface area contributed by atoms with Crippen LogP contribution in [0.15, 0.2) is 65.7 Å². The number of halogens is 1. The molecule has 3 aliphatic heterocycles. The molecule has 1 atom stereocenters. The number of hydrogen-bond acceptors (Lipinski definition) is 5. The van der Waals surface area contributed by atoms with Gasteiger partial charge >= 0.3 is 0 Å². The van der Waals surface area contributed by atoms with Gasteiger partial charge in [-0.05, 0) is 41.7 Å². The molecule has 206 valence electrons. The van der Waals surface area contributed by atoms with Crippen molar-refractivity contribution in [1.29, 1.82) is 0 Å². The molecule has 1 N–H and O–H groups in total. The average Bonchev–Trinajstić information content (AvgIpc) is 2.95. The lowest BCUT2D eigenvalue weighted by Crippen LogP contribution is -2.48. The molecule has 0 spiro atoms. The van der Waals surface area contributed by atoms with Crippen LogP contribution in [0.3, 0.4) is 0 Å². The summed E-state index contributed by atoms with van der Waals surface area (Å²) in [5, 5.41) is 3.59. The number of fused-ring (bicyclic) bond motifs is 14. The van der Waals surface area contributed by atoms with Gasteiger partial charge in [-0.3, -0.25) is 14.4 Å². The van der Waals surface area contributed by atoms with Gasteiger partial charge in [-0.2, -0.15) is 23.5 Å². The highest BCUT2D eigenvalue weighted by Crippen LogP contribution is 2.20. The van der Waals surface area contributed by atoms with E-state index in [0.29, 0.717) is 30.4 Å². The quantitative estimate of drug-likeness (QED) is 0.483. The molecular formula is C30H34ClN3O3S2. The number of carbonyl (C=O) groups is 3. The summed E-state index contributed by atoms with van der Waals surface area (Å²) in [7, 11) is 0. The topological polar surface area (TPSA) is 78.8 Å². The Kier molecular flexibility index (Phi) is 11.5. The minimum absolute atomic E-state index is 0.0485. The van der Waals surface area contributed by atoms with Gasteiger partial charge in [0.25, 0.3) is 5.91 Å². The maximum atomic E-state index is 13.6. The van der Waals surface area contributed by atoms with E-state index in [4.69, 9.17) is 11.6 Å². The summed E-state index contributed by atoms with van der Waals surface area (Å²) >= 11 is 9.55. The molecule has 0 unspecified atom stereocenters. The van der Waals surface area contributed by atoms with Crippen molar-refractivity contribution in [2.24, 2.45) is 10.9 Å². The molecule has 0 radical (unpaired) electrons. The van der Waals surface area contributed by atoms with E-state index >= 15 is 0 Å². The molecule has 4 bridgehead atoms. The molecule has 39 heavy (non-hydrogen) atoms. The van der Waals surface area contributed by atoms with Gasteiger partial charge in [0.15, 0.2) is 0 Å². The van der Waals surface area contributed by atoms with Crippen LogP contribution >= 0.6 is 35.1 Å². The molecule has 9 heteroatoms. The molecule has 3 heterocycles. The van der Waals surface area contributed by atoms with Crippen LogP contribution in [-0.4, -0.2) is 59.5 Å². The number of carbonyl (C=O) groups excluding carboxylic acids is 3. The van der Waals surface area contributed by atoms with Crippen LogP contribution in [-0.2, 0) is 32.3 Å². The lowest BCUT2D eigenvalue weighted by atomic mass is 9.96. The van der Waals surface area contributed by atoms with E-state index in [1.807, 2.05) is 30.0 Å². The second-order valence-electron chi connectivity index (χ2n) is 9.70. The smallest absolute Gasteiger partial charge is 0.268 e. The highest BCUT2D eigenvalue weighted by Gasteiger charge is 2.30. The molecule has 3 amide bonds. The fraction of sp³-hybridized carbons (Fsp3) is 0.400. The number of hydrogen-bond donors (Lipinski definition) is 1. The summed E-state index contributed by atoms with van der Waals surface area (Å²) in [5.41, 5.74) is 3.56. The Labute approximate surface area is 244 Å². The summed E-state index contributed by atoms with van der Waals surface area (Å²) in [6, 6.07) is 15.8. The first-order chi connectivity index (χ1) is 19.0. The van der Waals surface area contributed by atoms with E-state index in [1.54, 1.807) is 28.8 Å². The second kappa shape index (κ2) is 15.3. The first-order valence-electron chi connectivity index (χ1n) is 13.3. The Morgan fingerprint density at radius 2 is 1.67 bits per heavy atom. The van der Waals surface area contributed by atoms with Crippen molar-refractivity contribution >= 4 is 58.6 Å². The Morgan fingerprint density at radius 3 is 2.41 bits per heavy atom. The number of amides is 3. The Morgan fingerprint density at radius 1 is 0.949 bits per heavy atom. The number of nitrogens with one attached hydrogen (secondary N) is 1. The summed E-state index contributed by atoms with van der Waals surface area (Å²) in [6.45, 7) is 1.33. The minimum Gasteiger partial charge on any atom is -0.352 e. The van der Waals surface area contributed by atoms with E-state index in [0.717, 1.165) is 35.7 Å². The molecule has 6 nitrogen and oxygen atoms in total. The number of rotatable bonds is 2. The third-order valence-electron chi connectivity index (χ3n) is 6.67. The third kappa shape index (κ3) is 9.55. The first kappa shape index (κ1) is 29.4. The van der Waals surface area contributed by atoms with Gasteiger partial charge in [0, 0.05) is 60.5 Å². The fourth-order valence-electron chi connectivity index (χ4n) is 4.50. The normalized spacial score (nSPS) is 21.3. The van der Waals surface area contributed by atoms with Gasteiger partial charge < -0.3 is 10.2 Å². The summed E-state index contributed by atoms with van der Waals surface area (Å²) in [5.74, 6) is 2.35. The van der Waals surface area contributed by atoms with Crippen molar-refractivity contribution < 1.29 is 14.4 Å². The highest BCUT2D eigenvalue weighted by molar-refractivity contribution is 7.98. The number of aliphatic imine (C=N–C) groups is 1. The summed E-state index contributed by atoms with van der Waals surface area (Å²) in [4.78, 5) is 45.3. The van der Waals surface area contributed by atoms with Gasteiger partial charge in [0.05, 0.1) is 5.92 Å². The van der Waals surface area contributed by atoms with E-state index in [2.05, 4.69) is 40.7 Å². The minimum atomic E-state index is -0.302. The van der Waals surface area contributed by atoms with Gasteiger partial charge in [0.2, 0.25) is 11.8 Å². The molecule has 1 saturated heterocycles. The van der Waals surface area contributed by atoms with E-state index in [1.165, 1.54) is 11.1 Å². The lowest BCUT2D eigenvalue weighted by molar-refractivity contribution is -0.131. The second-order valence-corrected chi connectivity index (χ2v) is 12.3. The zero-order chi connectivity index (χ0) is 27.5. The Bertz CT molecular complexity index is 1200. The van der Waals surface area contributed by atoms with Gasteiger partial charge in [-0.25, -0.2) is 4.99 Å². The summed E-state index contributed by atoms with van der Waals surface area (Å²) in [6.07, 6.45) is 6.02. The maximum Gasteiger partial charge on any atom is 0.268 e. The fourth-order valence-corrected chi connectivity index (χ4v) is 6.34. The molecule has 0 saturated carbocycles. The zero-order valence-corrected chi connectivity index (χ0v) is 24.3. The number of piperidine rings is 1. The van der Waals surface area contributed by atoms with Crippen LogP contribution in [0.2, 0.25) is 5.02 Å². The molecule has 3 aliphatic rings. The van der Waals surface area contributed by atoms with Crippen molar-refractivity contribution in [2.45, 2.75) is 37.2 Å². The predicted octanol–water partition coefficient (Wildman–Crippen LogP) is 5.33. The Balaban J connectivity index is 1.50. The number of benzene rings is 2. The average molecular weight is 584 g/mol. The van der Waals surface area contributed by atoms with Crippen molar-refractivity contribution in [3.63, 3.8) is 0 Å². The van der Waals surface area contributed by atoms with Gasteiger partial charge in [0.1, 0.15) is 5.71 Å². The first-order valence-corrected chi connectivity index (χ1v) is 16.0. The highest BCUT2D eigenvalue weighted by atomic mass is 35.5. The van der Waals surface area contributed by atoms with Crippen molar-refractivity contribution in [3.05, 3.63) is 82.4 Å². The molecule has 0 aromatic heterocycles. The lowest BCUT2D eigenvalue weighted by Gasteiger charge is -2.32. The molecule has 2 aromatic carbocycles. The molecule has 5 rings (SSSR count). The van der Waals surface area contributed by atoms with Gasteiger partial charge in [-0.1, -0.05) is 60.2 Å². The van der Waals surface area contributed by atoms with Crippen LogP contribution in [0, 0.1) is 5.92 Å². The van der Waals surface area contributed by atoms with Crippen LogP contribution in [0.1, 0.15) is 36.0 Å². The van der Waals surface area contributed by atoms with Gasteiger partial charge in [-0.15, -0.1) is 0 Å². The van der Waals surface area contributed by atoms with Crippen LogP contribution in [0.5, 0.6) is 0 Å². The summed E-state index contributed by atoms with van der Waals surface area (Å²) < 4.78 is 0. The van der Waals surface area contributed by atoms with Crippen molar-refractivity contribution in [2.75, 3.05) is 31.1 Å². The number of nitrogens with zero attached hydrogens (tertiary/aromatic N) is 2. The molecule has 2 aromatic rings.